The van der Waals surface area contributed by atoms with Crippen LogP contribution in [0.4, 0.5) is 0 Å². The number of nitrogens with one attached hydrogen (secondary N) is 2. The first-order chi connectivity index (χ1) is 16.2. The monoisotopic (exact) mass is 458 g/mol. The fourth-order valence-corrected chi connectivity index (χ4v) is 4.09. The van der Waals surface area contributed by atoms with E-state index in [1.807, 2.05) is 18.2 Å². The molecule has 1 heterocycles. The van der Waals surface area contributed by atoms with Crippen LogP contribution >= 0.6 is 0 Å². The van der Waals surface area contributed by atoms with Gasteiger partial charge in [-0.2, -0.15) is 0 Å². The Hall–Kier alpha value is -3.80. The number of rotatable bonds is 7. The molecule has 6 nitrogen and oxygen atoms in total. The first kappa shape index (κ1) is 23.4. The molecule has 4 rings (SSSR count). The zero-order valence-electron chi connectivity index (χ0n) is 19.7. The molecule has 0 saturated heterocycles. The number of phenolic OH excluding ortho intramolecular Hbond substituents is 1. The van der Waals surface area contributed by atoms with Gasteiger partial charge in [-0.1, -0.05) is 63.2 Å². The fourth-order valence-electron chi connectivity index (χ4n) is 4.09. The molecule has 1 amide bonds. The van der Waals surface area contributed by atoms with Crippen molar-refractivity contribution in [3.63, 3.8) is 0 Å². The number of fused-ring (bicyclic) bond motifs is 1. The van der Waals surface area contributed by atoms with E-state index in [0.717, 1.165) is 18.4 Å². The zero-order chi connectivity index (χ0) is 24.3. The van der Waals surface area contributed by atoms with Gasteiger partial charge < -0.3 is 14.8 Å². The number of hydrogen-bond acceptors (Lipinski definition) is 4. The molecule has 3 N–H and O–H groups in total. The summed E-state index contributed by atoms with van der Waals surface area (Å²) in [5.41, 5.74) is 4.96. The van der Waals surface area contributed by atoms with Gasteiger partial charge in [0.15, 0.2) is 5.58 Å². The van der Waals surface area contributed by atoms with Crippen molar-refractivity contribution in [2.75, 3.05) is 6.54 Å². The van der Waals surface area contributed by atoms with Crippen LogP contribution in [-0.4, -0.2) is 22.5 Å². The molecule has 0 aliphatic rings. The van der Waals surface area contributed by atoms with Crippen molar-refractivity contribution in [1.29, 1.82) is 0 Å². The first-order valence-corrected chi connectivity index (χ1v) is 11.5. The Morgan fingerprint density at radius 1 is 1.06 bits per heavy atom. The molecule has 3 aromatic carbocycles. The SMILES string of the molecule is CC(C)(C)c1ccc(CCC(CNC(=O)c2ccccc2O)c2ccc3[nH]c(=O)oc3c2)cc1. The van der Waals surface area contributed by atoms with Gasteiger partial charge >= 0.3 is 5.76 Å². The Morgan fingerprint density at radius 3 is 2.50 bits per heavy atom. The van der Waals surface area contributed by atoms with Crippen LogP contribution in [0.2, 0.25) is 0 Å². The smallest absolute Gasteiger partial charge is 0.417 e. The van der Waals surface area contributed by atoms with Gasteiger partial charge in [0, 0.05) is 12.5 Å². The molecular weight excluding hydrogens is 428 g/mol. The lowest BCUT2D eigenvalue weighted by Gasteiger charge is -2.20. The van der Waals surface area contributed by atoms with E-state index in [0.29, 0.717) is 17.6 Å². The van der Waals surface area contributed by atoms with E-state index in [1.54, 1.807) is 18.2 Å². The van der Waals surface area contributed by atoms with Crippen LogP contribution in [0.1, 0.15) is 60.2 Å². The van der Waals surface area contributed by atoms with Crippen LogP contribution in [0.3, 0.4) is 0 Å². The van der Waals surface area contributed by atoms with Crippen LogP contribution in [0, 0.1) is 0 Å². The second kappa shape index (κ2) is 9.59. The number of carbonyl (C=O) groups is 1. The standard InChI is InChI=1S/C28H30N2O4/c1-28(2,3)21-13-9-18(10-14-21)8-11-20(17-29-26(32)22-6-4-5-7-24(22)31)19-12-15-23-25(16-19)34-27(33)30-23/h4-7,9-10,12-16,20,31H,8,11,17H2,1-3H3,(H,29,32)(H,30,33). The minimum Gasteiger partial charge on any atom is -0.507 e. The molecule has 0 fully saturated rings. The van der Waals surface area contributed by atoms with Gasteiger partial charge in [-0.25, -0.2) is 4.79 Å². The minimum atomic E-state index is -0.490. The number of H-pyrrole nitrogens is 1. The van der Waals surface area contributed by atoms with Crippen LogP contribution in [0.5, 0.6) is 5.75 Å². The number of phenols is 1. The van der Waals surface area contributed by atoms with Crippen molar-refractivity contribution in [3.8, 4) is 5.75 Å². The number of oxazole rings is 1. The third-order valence-electron chi connectivity index (χ3n) is 6.18. The number of hydrogen-bond donors (Lipinski definition) is 3. The molecule has 0 radical (unpaired) electrons. The average Bonchev–Trinajstić information content (AvgIpc) is 3.18. The topological polar surface area (TPSA) is 95.3 Å². The van der Waals surface area contributed by atoms with Gasteiger partial charge in [-0.05, 0) is 59.2 Å². The van der Waals surface area contributed by atoms with Gasteiger partial charge in [0.25, 0.3) is 5.91 Å². The Morgan fingerprint density at radius 2 is 1.79 bits per heavy atom. The number of aromatic hydroxyl groups is 1. The van der Waals surface area contributed by atoms with Crippen LogP contribution in [-0.2, 0) is 11.8 Å². The summed E-state index contributed by atoms with van der Waals surface area (Å²) in [4.78, 5) is 26.9. The third kappa shape index (κ3) is 5.39. The lowest BCUT2D eigenvalue weighted by Crippen LogP contribution is -2.28. The summed E-state index contributed by atoms with van der Waals surface area (Å²) in [5.74, 6) is -0.880. The molecular formula is C28H30N2O4. The molecule has 6 heteroatoms. The lowest BCUT2D eigenvalue weighted by molar-refractivity contribution is 0.0948. The van der Waals surface area contributed by atoms with Crippen molar-refractivity contribution < 1.29 is 14.3 Å². The number of benzene rings is 3. The third-order valence-corrected chi connectivity index (χ3v) is 6.18. The Balaban J connectivity index is 1.53. The summed E-state index contributed by atoms with van der Waals surface area (Å²) in [6, 6.07) is 20.8. The highest BCUT2D eigenvalue weighted by Crippen LogP contribution is 2.27. The van der Waals surface area contributed by atoms with E-state index in [9.17, 15) is 14.7 Å². The molecule has 176 valence electrons. The minimum absolute atomic E-state index is 0.0123. The molecule has 4 aromatic rings. The maximum absolute atomic E-state index is 12.7. The summed E-state index contributed by atoms with van der Waals surface area (Å²) >= 11 is 0. The number of para-hydroxylation sites is 1. The van der Waals surface area contributed by atoms with Gasteiger partial charge in [0.1, 0.15) is 5.75 Å². The van der Waals surface area contributed by atoms with Crippen LogP contribution in [0.15, 0.2) is 75.9 Å². The number of aromatic nitrogens is 1. The number of aromatic amines is 1. The van der Waals surface area contributed by atoms with Crippen LogP contribution in [0.25, 0.3) is 11.1 Å². The average molecular weight is 459 g/mol. The molecule has 0 saturated carbocycles. The molecule has 0 aliphatic carbocycles. The second-order valence-corrected chi connectivity index (χ2v) is 9.68. The highest BCUT2D eigenvalue weighted by molar-refractivity contribution is 5.96. The van der Waals surface area contributed by atoms with Gasteiger partial charge in [-0.15, -0.1) is 0 Å². The van der Waals surface area contributed by atoms with Crippen molar-refractivity contribution in [2.45, 2.75) is 44.9 Å². The predicted octanol–water partition coefficient (Wildman–Crippen LogP) is 5.27. The number of aryl methyl sites for hydroxylation is 1. The fraction of sp³-hybridized carbons (Fsp3) is 0.286. The molecule has 34 heavy (non-hydrogen) atoms. The van der Waals surface area contributed by atoms with E-state index >= 15 is 0 Å². The van der Waals surface area contributed by atoms with E-state index in [-0.39, 0.29) is 28.6 Å². The summed E-state index contributed by atoms with van der Waals surface area (Å²) in [7, 11) is 0. The quantitative estimate of drug-likeness (QED) is 0.352. The second-order valence-electron chi connectivity index (χ2n) is 9.68. The largest absolute Gasteiger partial charge is 0.507 e. The van der Waals surface area contributed by atoms with Crippen LogP contribution < -0.4 is 11.1 Å². The first-order valence-electron chi connectivity index (χ1n) is 11.5. The van der Waals surface area contributed by atoms with Crippen molar-refractivity contribution >= 4 is 17.0 Å². The Labute approximate surface area is 198 Å². The number of amides is 1. The van der Waals surface area contributed by atoms with E-state index in [1.165, 1.54) is 17.2 Å². The molecule has 1 atom stereocenters. The summed E-state index contributed by atoms with van der Waals surface area (Å²) in [5, 5.41) is 13.0. The summed E-state index contributed by atoms with van der Waals surface area (Å²) < 4.78 is 5.25. The van der Waals surface area contributed by atoms with Gasteiger partial charge in [0.2, 0.25) is 0 Å². The van der Waals surface area contributed by atoms with E-state index in [2.05, 4.69) is 55.3 Å². The van der Waals surface area contributed by atoms with E-state index < -0.39 is 5.76 Å². The lowest BCUT2D eigenvalue weighted by atomic mass is 9.86. The molecule has 0 bridgehead atoms. The highest BCUT2D eigenvalue weighted by atomic mass is 16.4. The highest BCUT2D eigenvalue weighted by Gasteiger charge is 2.18. The Kier molecular flexibility index (Phi) is 6.59. The van der Waals surface area contributed by atoms with Crippen molar-refractivity contribution in [3.05, 3.63) is 99.5 Å². The molecule has 0 aliphatic heterocycles. The molecule has 0 spiro atoms. The maximum Gasteiger partial charge on any atom is 0.417 e. The number of carbonyl (C=O) groups excluding carboxylic acids is 1. The zero-order valence-corrected chi connectivity index (χ0v) is 19.7. The van der Waals surface area contributed by atoms with Gasteiger partial charge in [-0.3, -0.25) is 9.78 Å². The van der Waals surface area contributed by atoms with E-state index in [4.69, 9.17) is 4.42 Å². The normalized spacial score (nSPS) is 12.6. The van der Waals surface area contributed by atoms with Gasteiger partial charge in [0.05, 0.1) is 11.1 Å². The summed E-state index contributed by atoms with van der Waals surface area (Å²) in [6.45, 7) is 6.97. The van der Waals surface area contributed by atoms with Crippen molar-refractivity contribution in [1.82, 2.24) is 10.3 Å². The predicted molar refractivity (Wildman–Crippen MR) is 133 cm³/mol. The molecule has 1 unspecified atom stereocenters. The maximum atomic E-state index is 12.7. The van der Waals surface area contributed by atoms with Crippen molar-refractivity contribution in [2.24, 2.45) is 0 Å². The molecule has 1 aromatic heterocycles. The Bertz CT molecular complexity index is 1340. The summed E-state index contributed by atoms with van der Waals surface area (Å²) in [6.07, 6.45) is 1.62.